The van der Waals surface area contributed by atoms with Crippen LogP contribution in [0.2, 0.25) is 0 Å². The first-order chi connectivity index (χ1) is 33.6. The van der Waals surface area contributed by atoms with Crippen molar-refractivity contribution in [3.8, 4) is 0 Å². The van der Waals surface area contributed by atoms with Crippen molar-refractivity contribution >= 4 is 23.8 Å². The van der Waals surface area contributed by atoms with E-state index in [2.05, 4.69) is 0 Å². The lowest BCUT2D eigenvalue weighted by atomic mass is 9.42. The molecule has 396 valence electrons. The fourth-order valence-corrected chi connectivity index (χ4v) is 13.8. The van der Waals surface area contributed by atoms with Gasteiger partial charge in [0, 0.05) is 64.4 Å². The van der Waals surface area contributed by atoms with Crippen LogP contribution in [0.1, 0.15) is 105 Å². The van der Waals surface area contributed by atoms with Gasteiger partial charge in [0.15, 0.2) is 18.9 Å². The Morgan fingerprint density at radius 2 is 1.37 bits per heavy atom. The third-order valence-electron chi connectivity index (χ3n) is 17.5. The molecule has 0 amide bonds. The first-order valence-corrected chi connectivity index (χ1v) is 25.3. The summed E-state index contributed by atoms with van der Waals surface area (Å²) in [5, 5.41) is 47.7. The zero-order valence-electron chi connectivity index (χ0n) is 42.7. The maximum absolute atomic E-state index is 13.8. The molecular formula is C53H76O18. The van der Waals surface area contributed by atoms with Crippen molar-refractivity contribution in [1.82, 2.24) is 0 Å². The van der Waals surface area contributed by atoms with Crippen LogP contribution in [0, 0.1) is 22.7 Å². The molecule has 18 nitrogen and oxygen atoms in total. The summed E-state index contributed by atoms with van der Waals surface area (Å²) in [6, 6.07) is 9.21. The highest BCUT2D eigenvalue weighted by Crippen LogP contribution is 2.70. The molecule has 3 heterocycles. The molecule has 0 radical (unpaired) electrons. The van der Waals surface area contributed by atoms with Gasteiger partial charge in [-0.25, -0.2) is 4.79 Å². The number of ketones is 1. The third-order valence-corrected chi connectivity index (χ3v) is 17.5. The first kappa shape index (κ1) is 54.1. The van der Waals surface area contributed by atoms with E-state index in [9.17, 15) is 34.8 Å². The number of fused-ring (bicyclic) bond motifs is 5. The molecule has 0 spiro atoms. The summed E-state index contributed by atoms with van der Waals surface area (Å²) in [5.41, 5.74) is -4.45. The Morgan fingerprint density at radius 3 is 1.97 bits per heavy atom. The molecular weight excluding hydrogens is 925 g/mol. The predicted octanol–water partition coefficient (Wildman–Crippen LogP) is 4.10. The molecule has 0 bridgehead atoms. The Morgan fingerprint density at radius 1 is 0.732 bits per heavy atom. The van der Waals surface area contributed by atoms with Crippen molar-refractivity contribution in [3.05, 3.63) is 53.6 Å². The molecule has 1 aromatic rings. The predicted molar refractivity (Wildman–Crippen MR) is 252 cm³/mol. The van der Waals surface area contributed by atoms with Crippen LogP contribution in [0.15, 0.2) is 48.1 Å². The lowest BCUT2D eigenvalue weighted by molar-refractivity contribution is -0.352. The van der Waals surface area contributed by atoms with Crippen LogP contribution in [0.5, 0.6) is 0 Å². The van der Waals surface area contributed by atoms with E-state index in [1.165, 1.54) is 27.0 Å². The molecule has 0 aromatic heterocycles. The number of carbonyl (C=O) groups excluding carboxylic acids is 3. The molecule has 18 heteroatoms. The Hall–Kier alpha value is -3.21. The van der Waals surface area contributed by atoms with Gasteiger partial charge < -0.3 is 72.5 Å². The second-order valence-corrected chi connectivity index (χ2v) is 21.4. The lowest BCUT2D eigenvalue weighted by Crippen LogP contribution is -2.80. The number of benzene rings is 1. The summed E-state index contributed by atoms with van der Waals surface area (Å²) < 4.78 is 68.0. The Labute approximate surface area is 416 Å². The number of rotatable bonds is 14. The minimum Gasteiger partial charge on any atom is -0.458 e. The van der Waals surface area contributed by atoms with E-state index in [1.807, 2.05) is 57.2 Å². The fourth-order valence-electron chi connectivity index (χ4n) is 13.8. The van der Waals surface area contributed by atoms with E-state index < -0.39 is 138 Å². The molecule has 6 fully saturated rings. The van der Waals surface area contributed by atoms with Gasteiger partial charge in [0.2, 0.25) is 0 Å². The van der Waals surface area contributed by atoms with Crippen molar-refractivity contribution in [2.75, 3.05) is 21.3 Å². The number of ether oxygens (including phenoxy) is 11. The highest BCUT2D eigenvalue weighted by molar-refractivity contribution is 5.87. The van der Waals surface area contributed by atoms with Crippen molar-refractivity contribution < 1.29 is 86.9 Å². The SMILES string of the molecule is COC1CC(OC2CCC3(C)C(=CCC4(O)C3C(OC(C)=O)C(OC(=O)C=Cc3ccccc3)C3(C)C(C(C)=O)CCC43O)C2)OC(C)C1OC1CC(OC)C(OC2OC(C)C(O)C(OC)C2O)C(C)O1. The molecule has 3 saturated carbocycles. The van der Waals surface area contributed by atoms with Crippen LogP contribution in [-0.4, -0.2) is 169 Å². The molecule has 22 unspecified atom stereocenters. The van der Waals surface area contributed by atoms with Gasteiger partial charge in [0.25, 0.3) is 0 Å². The summed E-state index contributed by atoms with van der Waals surface area (Å²) in [5.74, 6) is -3.34. The van der Waals surface area contributed by atoms with Gasteiger partial charge >= 0.3 is 11.9 Å². The minimum absolute atomic E-state index is 0.00663. The van der Waals surface area contributed by atoms with Crippen LogP contribution in [0.3, 0.4) is 0 Å². The molecule has 1 aromatic carbocycles. The van der Waals surface area contributed by atoms with Crippen molar-refractivity contribution in [2.24, 2.45) is 22.7 Å². The maximum atomic E-state index is 13.8. The molecule has 3 saturated heterocycles. The molecule has 4 N–H and O–H groups in total. The molecule has 3 aliphatic heterocycles. The minimum atomic E-state index is -1.91. The van der Waals surface area contributed by atoms with Gasteiger partial charge in [-0.3, -0.25) is 9.59 Å². The van der Waals surface area contributed by atoms with E-state index in [1.54, 1.807) is 34.1 Å². The molecule has 4 aliphatic carbocycles. The van der Waals surface area contributed by atoms with Crippen LogP contribution in [0.25, 0.3) is 6.08 Å². The molecule has 71 heavy (non-hydrogen) atoms. The number of aliphatic hydroxyl groups is 4. The quantitative estimate of drug-likeness (QED) is 0.117. The van der Waals surface area contributed by atoms with E-state index in [-0.39, 0.29) is 37.6 Å². The number of hydrogen-bond donors (Lipinski definition) is 4. The maximum Gasteiger partial charge on any atom is 0.331 e. The summed E-state index contributed by atoms with van der Waals surface area (Å²) in [6.07, 6.45) is -5.14. The molecule has 7 aliphatic rings. The average Bonchev–Trinajstić information content (AvgIpc) is 3.62. The van der Waals surface area contributed by atoms with Crippen molar-refractivity contribution in [1.29, 1.82) is 0 Å². The zero-order chi connectivity index (χ0) is 51.4. The largest absolute Gasteiger partial charge is 0.458 e. The van der Waals surface area contributed by atoms with Gasteiger partial charge in [-0.05, 0) is 83.3 Å². The monoisotopic (exact) mass is 1000 g/mol. The highest BCUT2D eigenvalue weighted by Gasteiger charge is 2.80. The Balaban J connectivity index is 0.960. The highest BCUT2D eigenvalue weighted by atomic mass is 16.8. The number of aliphatic hydroxyl groups excluding tert-OH is 2. The van der Waals surface area contributed by atoms with Crippen LogP contribution in [0.4, 0.5) is 0 Å². The third kappa shape index (κ3) is 9.73. The second-order valence-electron chi connectivity index (χ2n) is 21.4. The normalized spacial score (nSPS) is 46.6. The second kappa shape index (κ2) is 21.2. The molecule has 22 atom stereocenters. The topological polar surface area (TPSA) is 234 Å². The number of methoxy groups -OCH3 is 3. The Bertz CT molecular complexity index is 2120. The smallest absolute Gasteiger partial charge is 0.331 e. The van der Waals surface area contributed by atoms with Crippen LogP contribution >= 0.6 is 0 Å². The van der Waals surface area contributed by atoms with Crippen molar-refractivity contribution in [2.45, 2.75) is 209 Å². The average molecular weight is 1000 g/mol. The lowest BCUT2D eigenvalue weighted by Gasteiger charge is -2.68. The number of esters is 2. The van der Waals surface area contributed by atoms with E-state index >= 15 is 0 Å². The first-order valence-electron chi connectivity index (χ1n) is 25.3. The summed E-state index contributed by atoms with van der Waals surface area (Å²) >= 11 is 0. The summed E-state index contributed by atoms with van der Waals surface area (Å²) in [4.78, 5) is 40.4. The molecule has 8 rings (SSSR count). The van der Waals surface area contributed by atoms with Gasteiger partial charge in [0.1, 0.15) is 59.7 Å². The summed E-state index contributed by atoms with van der Waals surface area (Å²) in [7, 11) is 4.58. The van der Waals surface area contributed by atoms with Crippen LogP contribution < -0.4 is 0 Å². The number of hydrogen-bond acceptors (Lipinski definition) is 18. The summed E-state index contributed by atoms with van der Waals surface area (Å²) in [6.45, 7) is 11.8. The zero-order valence-corrected chi connectivity index (χ0v) is 42.7. The van der Waals surface area contributed by atoms with Crippen molar-refractivity contribution in [3.63, 3.8) is 0 Å². The van der Waals surface area contributed by atoms with Gasteiger partial charge in [-0.1, -0.05) is 55.8 Å². The number of carbonyl (C=O) groups is 3. The Kier molecular flexibility index (Phi) is 16.1. The standard InChI is InChI=1S/C53H76O18/c1-27(54)35-20-23-53(60)51(35,7)48(69-38(56)17-16-32-14-12-11-13-15-32)46(67-31(5)55)47-50(6)21-19-34(24-33(50)18-22-52(47,53)59)68-39-25-36(61-8)43(29(3)64-39)70-40-26-37(62-9)44(30(4)65-40)71-49-42(58)45(63-10)41(57)28(2)66-49/h11-18,28-30,34-37,39-49,57-60H,19-26H2,1-10H3. The van der Waals surface area contributed by atoms with E-state index in [4.69, 9.17) is 52.1 Å². The van der Waals surface area contributed by atoms with Gasteiger partial charge in [-0.15, -0.1) is 0 Å². The van der Waals surface area contributed by atoms with Gasteiger partial charge in [-0.2, -0.15) is 0 Å². The number of Topliss-reactive ketones (excluding diaryl/α,β-unsaturated/α-hetero) is 1. The van der Waals surface area contributed by atoms with Crippen LogP contribution in [-0.2, 0) is 66.5 Å². The van der Waals surface area contributed by atoms with Gasteiger partial charge in [0.05, 0.1) is 36.6 Å². The van der Waals surface area contributed by atoms with E-state index in [0.717, 1.165) is 11.1 Å². The fraction of sp³-hybridized carbons (Fsp3) is 0.755. The van der Waals surface area contributed by atoms with E-state index in [0.29, 0.717) is 25.7 Å².